The molecule has 1 heterocycles. The van der Waals surface area contributed by atoms with Crippen LogP contribution >= 0.6 is 15.9 Å². The first-order valence-corrected chi connectivity index (χ1v) is 8.44. The molecule has 0 radical (unpaired) electrons. The molecule has 0 bridgehead atoms. The topological polar surface area (TPSA) is 38.8 Å². The fraction of sp³-hybridized carbons (Fsp3) is 0.562. The average Bonchev–Trinajstić information content (AvgIpc) is 2.52. The van der Waals surface area contributed by atoms with Crippen LogP contribution in [0, 0.1) is 5.92 Å². The molecule has 0 N–H and O–H groups in total. The van der Waals surface area contributed by atoms with Crippen LogP contribution in [0.4, 0.5) is 13.2 Å². The van der Waals surface area contributed by atoms with E-state index in [1.165, 1.54) is 4.90 Å². The van der Waals surface area contributed by atoms with Crippen LogP contribution in [-0.2, 0) is 9.53 Å². The molecule has 8 heteroatoms. The third-order valence-electron chi connectivity index (χ3n) is 3.76. The molecule has 0 aliphatic carbocycles. The Labute approximate surface area is 147 Å². The van der Waals surface area contributed by atoms with Crippen LogP contribution in [0.1, 0.15) is 12.8 Å². The van der Waals surface area contributed by atoms with Crippen LogP contribution in [0.25, 0.3) is 0 Å². The van der Waals surface area contributed by atoms with Gasteiger partial charge in [-0.25, -0.2) is 4.79 Å². The molecule has 0 unspecified atom stereocenters. The van der Waals surface area contributed by atoms with Gasteiger partial charge in [0.1, 0.15) is 5.75 Å². The van der Waals surface area contributed by atoms with Gasteiger partial charge >= 0.3 is 12.1 Å². The van der Waals surface area contributed by atoms with Crippen molar-refractivity contribution in [1.29, 1.82) is 0 Å². The van der Waals surface area contributed by atoms with Gasteiger partial charge in [0.05, 0.1) is 13.2 Å². The summed E-state index contributed by atoms with van der Waals surface area (Å²) in [4.78, 5) is 13.0. The minimum Gasteiger partial charge on any atom is -0.482 e. The van der Waals surface area contributed by atoms with Crippen molar-refractivity contribution in [3.63, 3.8) is 0 Å². The maximum absolute atomic E-state index is 12.3. The van der Waals surface area contributed by atoms with E-state index in [9.17, 15) is 18.0 Å². The molecule has 1 aromatic rings. The fourth-order valence-electron chi connectivity index (χ4n) is 2.49. The van der Waals surface area contributed by atoms with E-state index in [1.807, 2.05) is 0 Å². The largest absolute Gasteiger partial charge is 0.482 e. The molecular formula is C16H19BrF3NO3. The van der Waals surface area contributed by atoms with Gasteiger partial charge in [0.25, 0.3) is 0 Å². The first-order chi connectivity index (χ1) is 11.3. The number of piperidine rings is 1. The number of esters is 1. The van der Waals surface area contributed by atoms with Gasteiger partial charge in [0.15, 0.2) is 6.61 Å². The van der Waals surface area contributed by atoms with E-state index in [0.717, 1.165) is 4.47 Å². The van der Waals surface area contributed by atoms with E-state index in [4.69, 9.17) is 9.47 Å². The highest BCUT2D eigenvalue weighted by Crippen LogP contribution is 2.22. The first kappa shape index (κ1) is 19.1. The molecule has 0 saturated carbocycles. The average molecular weight is 410 g/mol. The van der Waals surface area contributed by atoms with E-state index < -0.39 is 18.7 Å². The molecule has 1 aromatic carbocycles. The summed E-state index contributed by atoms with van der Waals surface area (Å²) in [6, 6.07) is 7.06. The number of rotatable bonds is 6. The molecule has 0 spiro atoms. The predicted molar refractivity (Wildman–Crippen MR) is 85.8 cm³/mol. The van der Waals surface area contributed by atoms with E-state index in [-0.39, 0.29) is 19.1 Å². The van der Waals surface area contributed by atoms with Crippen LogP contribution in [0.15, 0.2) is 28.7 Å². The Morgan fingerprint density at radius 2 is 1.83 bits per heavy atom. The zero-order valence-electron chi connectivity index (χ0n) is 13.0. The molecular weight excluding hydrogens is 391 g/mol. The number of carbonyl (C=O) groups is 1. The van der Waals surface area contributed by atoms with Gasteiger partial charge < -0.3 is 9.47 Å². The monoisotopic (exact) mass is 409 g/mol. The lowest BCUT2D eigenvalue weighted by atomic mass is 9.98. The number of hydrogen-bond donors (Lipinski definition) is 0. The van der Waals surface area contributed by atoms with Gasteiger partial charge in [0.2, 0.25) is 0 Å². The Morgan fingerprint density at radius 3 is 2.42 bits per heavy atom. The highest BCUT2D eigenvalue weighted by Gasteiger charge is 2.32. The Kier molecular flexibility index (Phi) is 6.91. The number of nitrogens with zero attached hydrogens (tertiary/aromatic N) is 1. The summed E-state index contributed by atoms with van der Waals surface area (Å²) in [6.45, 7) is -0.0915. The maximum atomic E-state index is 12.3. The van der Waals surface area contributed by atoms with Crippen molar-refractivity contribution in [2.24, 2.45) is 5.92 Å². The number of halogens is 4. The quantitative estimate of drug-likeness (QED) is 0.672. The number of alkyl halides is 3. The zero-order valence-corrected chi connectivity index (χ0v) is 14.6. The standard InChI is InChI=1S/C16H19BrF3NO3/c17-13-1-3-14(4-2-13)23-10-15(22)24-9-12-5-7-21(8-6-12)11-16(18,19)20/h1-4,12H,5-11H2. The summed E-state index contributed by atoms with van der Waals surface area (Å²) < 4.78 is 48.3. The van der Waals surface area contributed by atoms with Gasteiger partial charge in [-0.05, 0) is 56.1 Å². The number of benzene rings is 1. The minimum absolute atomic E-state index is 0.103. The molecule has 0 atom stereocenters. The van der Waals surface area contributed by atoms with Crippen LogP contribution in [0.5, 0.6) is 5.75 Å². The second kappa shape index (κ2) is 8.71. The maximum Gasteiger partial charge on any atom is 0.401 e. The molecule has 1 aliphatic rings. The Bertz CT molecular complexity index is 528. The first-order valence-electron chi connectivity index (χ1n) is 7.65. The highest BCUT2D eigenvalue weighted by molar-refractivity contribution is 9.10. The second-order valence-corrected chi connectivity index (χ2v) is 6.68. The van der Waals surface area contributed by atoms with Crippen LogP contribution in [0.2, 0.25) is 0 Å². The fourth-order valence-corrected chi connectivity index (χ4v) is 2.75. The molecule has 1 saturated heterocycles. The van der Waals surface area contributed by atoms with Crippen molar-refractivity contribution >= 4 is 21.9 Å². The van der Waals surface area contributed by atoms with Gasteiger partial charge in [-0.2, -0.15) is 13.2 Å². The van der Waals surface area contributed by atoms with Crippen molar-refractivity contribution in [3.05, 3.63) is 28.7 Å². The molecule has 134 valence electrons. The van der Waals surface area contributed by atoms with Crippen LogP contribution < -0.4 is 4.74 Å². The predicted octanol–water partition coefficient (Wildman–Crippen LogP) is 3.65. The minimum atomic E-state index is -4.16. The summed E-state index contributed by atoms with van der Waals surface area (Å²) in [7, 11) is 0. The van der Waals surface area contributed by atoms with Crippen molar-refractivity contribution < 1.29 is 27.4 Å². The summed E-state index contributed by atoms with van der Waals surface area (Å²) in [5, 5.41) is 0. The third-order valence-corrected chi connectivity index (χ3v) is 4.29. The van der Waals surface area contributed by atoms with Crippen molar-refractivity contribution in [1.82, 2.24) is 4.90 Å². The normalized spacial score (nSPS) is 16.8. The van der Waals surface area contributed by atoms with Crippen molar-refractivity contribution in [3.8, 4) is 5.75 Å². The van der Waals surface area contributed by atoms with Gasteiger partial charge in [-0.15, -0.1) is 0 Å². The van der Waals surface area contributed by atoms with E-state index in [0.29, 0.717) is 31.7 Å². The molecule has 1 aliphatic heterocycles. The summed E-state index contributed by atoms with van der Waals surface area (Å²) in [6.07, 6.45) is -2.97. The summed E-state index contributed by atoms with van der Waals surface area (Å²) in [5.74, 6) is 0.192. The highest BCUT2D eigenvalue weighted by atomic mass is 79.9. The second-order valence-electron chi connectivity index (χ2n) is 5.76. The molecule has 2 rings (SSSR count). The van der Waals surface area contributed by atoms with Crippen LogP contribution in [0.3, 0.4) is 0 Å². The molecule has 24 heavy (non-hydrogen) atoms. The Morgan fingerprint density at radius 1 is 1.21 bits per heavy atom. The van der Waals surface area contributed by atoms with Gasteiger partial charge in [-0.3, -0.25) is 4.90 Å². The van der Waals surface area contributed by atoms with E-state index >= 15 is 0 Å². The number of carbonyl (C=O) groups excluding carboxylic acids is 1. The molecule has 4 nitrogen and oxygen atoms in total. The smallest absolute Gasteiger partial charge is 0.401 e. The lowest BCUT2D eigenvalue weighted by Crippen LogP contribution is -2.41. The van der Waals surface area contributed by atoms with Crippen LogP contribution in [-0.4, -0.2) is 49.9 Å². The third kappa shape index (κ3) is 7.09. The zero-order chi connectivity index (χ0) is 17.6. The lowest BCUT2D eigenvalue weighted by molar-refractivity contribution is -0.151. The molecule has 1 fully saturated rings. The van der Waals surface area contributed by atoms with E-state index in [1.54, 1.807) is 24.3 Å². The SMILES string of the molecule is O=C(COc1ccc(Br)cc1)OCC1CCN(CC(F)(F)F)CC1. The summed E-state index contributed by atoms with van der Waals surface area (Å²) in [5.41, 5.74) is 0. The number of hydrogen-bond acceptors (Lipinski definition) is 4. The molecule has 0 aromatic heterocycles. The number of likely N-dealkylation sites (tertiary alicyclic amines) is 1. The number of ether oxygens (including phenoxy) is 2. The Hall–Kier alpha value is -1.28. The summed E-state index contributed by atoms with van der Waals surface area (Å²) >= 11 is 3.30. The lowest BCUT2D eigenvalue weighted by Gasteiger charge is -2.31. The van der Waals surface area contributed by atoms with E-state index in [2.05, 4.69) is 15.9 Å². The Balaban J connectivity index is 1.61. The van der Waals surface area contributed by atoms with Gasteiger partial charge in [-0.1, -0.05) is 15.9 Å². The van der Waals surface area contributed by atoms with Crippen molar-refractivity contribution in [2.75, 3.05) is 32.8 Å². The molecule has 0 amide bonds. The van der Waals surface area contributed by atoms with Crippen molar-refractivity contribution in [2.45, 2.75) is 19.0 Å². The van der Waals surface area contributed by atoms with Gasteiger partial charge in [0, 0.05) is 4.47 Å².